The van der Waals surface area contributed by atoms with Crippen molar-refractivity contribution < 1.29 is 42.1 Å². The molecule has 0 saturated carbocycles. The van der Waals surface area contributed by atoms with Crippen LogP contribution in [0, 0.1) is 6.92 Å². The van der Waals surface area contributed by atoms with Crippen LogP contribution in [0.2, 0.25) is 0 Å². The molecule has 0 radical (unpaired) electrons. The van der Waals surface area contributed by atoms with E-state index >= 15 is 0 Å². The van der Waals surface area contributed by atoms with Crippen LogP contribution in [-0.4, -0.2) is 42.9 Å². The molecule has 402 valence electrons. The number of unbranched alkanes of at least 4 members (excludes halogenated alkanes) is 7. The minimum absolute atomic E-state index is 0. The zero-order valence-corrected chi connectivity index (χ0v) is 50.4. The van der Waals surface area contributed by atoms with Gasteiger partial charge in [0.15, 0.2) is 0 Å². The molecule has 0 bridgehead atoms. The van der Waals surface area contributed by atoms with Crippen molar-refractivity contribution in [1.82, 2.24) is 0 Å². The maximum Gasteiger partial charge on any atom is 1.00 e. The van der Waals surface area contributed by atoms with Gasteiger partial charge in [-0.3, -0.25) is 0 Å². The molecular weight excluding hydrogens is 973 g/mol. The normalized spacial score (nSPS) is 19.6. The minimum Gasteiger partial charge on any atom is -0.399 e. The number of fused-ring (bicyclic) bond motifs is 2. The summed E-state index contributed by atoms with van der Waals surface area (Å²) in [5, 5.41) is 7.59. The molecule has 0 amide bonds. The standard InChI is InChI=1S/C28H40BNO2.C22H28BrN.C9H19BO3.C4H9.Li/c1-6-7-8-9-12-21-17-19-23(20-18-21)30-25-16-11-14-22-13-10-15-24(26(22)25)29-31-27(2,3)28(4,5)32-29;1-2-3-4-5-8-17-13-15-19(16-14-17)24-21-12-7-10-18-9-6-11-20(23)22(18)21;1-7(2)11-10-12-8(3,4)9(5,6)13-10;1-3-4-2;/h10,13,15,17-20,25,30H,6-9,11-12,14,16H2,1-5H3;6,9,11,13-16,21,24H,2-5,7-8,10,12H2,1H3;7H,1-6H3;1,3-4H2,2H3;/q;;;-1;+1. The molecule has 0 aromatic heterocycles. The number of anilines is 2. The van der Waals surface area contributed by atoms with E-state index in [1.54, 1.807) is 0 Å². The van der Waals surface area contributed by atoms with Gasteiger partial charge < -0.3 is 40.8 Å². The van der Waals surface area contributed by atoms with Crippen molar-refractivity contribution in [3.8, 4) is 0 Å². The minimum atomic E-state index is -0.523. The monoisotopic (exact) mass is 1070 g/mol. The molecule has 74 heavy (non-hydrogen) atoms. The van der Waals surface area contributed by atoms with Gasteiger partial charge in [0, 0.05) is 22.0 Å². The van der Waals surface area contributed by atoms with Crippen LogP contribution in [0.1, 0.15) is 225 Å². The van der Waals surface area contributed by atoms with Crippen molar-refractivity contribution in [2.24, 2.45) is 0 Å². The third-order valence-electron chi connectivity index (χ3n) is 15.7. The summed E-state index contributed by atoms with van der Waals surface area (Å²) >= 11 is 3.75. The van der Waals surface area contributed by atoms with Crippen molar-refractivity contribution in [2.75, 3.05) is 10.6 Å². The van der Waals surface area contributed by atoms with E-state index in [-0.39, 0.29) is 60.5 Å². The van der Waals surface area contributed by atoms with E-state index in [1.165, 1.54) is 151 Å². The molecule has 2 aliphatic heterocycles. The topological polar surface area (TPSA) is 70.2 Å². The van der Waals surface area contributed by atoms with E-state index in [2.05, 4.69) is 167 Å². The number of aryl methyl sites for hydroxylation is 4. The van der Waals surface area contributed by atoms with Crippen LogP contribution < -0.4 is 35.0 Å². The average molecular weight is 1070 g/mol. The van der Waals surface area contributed by atoms with Crippen LogP contribution in [-0.2, 0) is 49.0 Å². The van der Waals surface area contributed by atoms with E-state index in [0.29, 0.717) is 6.04 Å². The van der Waals surface area contributed by atoms with E-state index in [0.717, 1.165) is 19.3 Å². The molecular formula is C63H96B2BrLiN2O5. The summed E-state index contributed by atoms with van der Waals surface area (Å²) in [4.78, 5) is 0. The Morgan fingerprint density at radius 1 is 0.581 bits per heavy atom. The number of hydrogen-bond donors (Lipinski definition) is 2. The van der Waals surface area contributed by atoms with Crippen LogP contribution in [0.25, 0.3) is 0 Å². The van der Waals surface area contributed by atoms with Crippen molar-refractivity contribution in [2.45, 2.75) is 246 Å². The molecule has 2 saturated heterocycles. The van der Waals surface area contributed by atoms with Crippen molar-refractivity contribution >= 4 is 47.2 Å². The van der Waals surface area contributed by atoms with E-state index in [4.69, 9.17) is 23.3 Å². The van der Waals surface area contributed by atoms with Crippen LogP contribution in [0.15, 0.2) is 89.4 Å². The maximum atomic E-state index is 6.44. The molecule has 8 rings (SSSR count). The Morgan fingerprint density at radius 2 is 1.00 bits per heavy atom. The van der Waals surface area contributed by atoms with E-state index in [1.807, 2.05) is 41.5 Å². The average Bonchev–Trinajstić information content (AvgIpc) is 3.70. The summed E-state index contributed by atoms with van der Waals surface area (Å²) in [6.07, 6.45) is 22.5. The molecule has 4 aromatic carbocycles. The Balaban J connectivity index is 0.000000248. The molecule has 4 aromatic rings. The van der Waals surface area contributed by atoms with Gasteiger partial charge in [0.2, 0.25) is 0 Å². The molecule has 2 unspecified atom stereocenters. The van der Waals surface area contributed by atoms with Crippen molar-refractivity contribution in [1.29, 1.82) is 0 Å². The van der Waals surface area contributed by atoms with Crippen molar-refractivity contribution in [3.05, 3.63) is 130 Å². The number of rotatable bonds is 18. The predicted molar refractivity (Wildman–Crippen MR) is 316 cm³/mol. The zero-order valence-electron chi connectivity index (χ0n) is 48.8. The van der Waals surface area contributed by atoms with E-state index in [9.17, 15) is 0 Å². The number of hydrogen-bond acceptors (Lipinski definition) is 7. The van der Waals surface area contributed by atoms with Gasteiger partial charge in [-0.2, -0.15) is 6.42 Å². The molecule has 2 aliphatic carbocycles. The van der Waals surface area contributed by atoms with Gasteiger partial charge in [-0.15, -0.1) is 0 Å². The molecule has 2 fully saturated rings. The molecule has 0 spiro atoms. The fourth-order valence-electron chi connectivity index (χ4n) is 9.73. The smallest absolute Gasteiger partial charge is 0.399 e. The van der Waals surface area contributed by atoms with Crippen LogP contribution in [0.5, 0.6) is 0 Å². The SMILES string of the molecule is CC(C)OB1OC(C)(C)C(C)(C)O1.CCCCCCc1ccc(NC2CCCc3cccc(B4OC(C)(C)C(C)(C)O4)c32)cc1.CCCCCCc1ccc(NC2CCCc3cccc(Br)c32)cc1.[CH2-]CCC.[Li+]. The third kappa shape index (κ3) is 18.6. The number of benzene rings is 4. The van der Waals surface area contributed by atoms with Crippen molar-refractivity contribution in [3.63, 3.8) is 0 Å². The summed E-state index contributed by atoms with van der Waals surface area (Å²) < 4.78 is 30.8. The van der Waals surface area contributed by atoms with Gasteiger partial charge in [0.05, 0.1) is 34.5 Å². The van der Waals surface area contributed by atoms with Gasteiger partial charge in [-0.1, -0.05) is 136 Å². The van der Waals surface area contributed by atoms with Gasteiger partial charge in [0.25, 0.3) is 0 Å². The molecule has 7 nitrogen and oxygen atoms in total. The Bertz CT molecular complexity index is 2200. The number of halogens is 1. The second-order valence-corrected chi connectivity index (χ2v) is 24.0. The fourth-order valence-corrected chi connectivity index (χ4v) is 10.4. The fraction of sp³-hybridized carbons (Fsp3) is 0.603. The second-order valence-electron chi connectivity index (χ2n) is 23.1. The van der Waals surface area contributed by atoms with Gasteiger partial charge in [-0.05, 0) is 203 Å². The first-order chi connectivity index (χ1) is 34.7. The Hall–Kier alpha value is -2.51. The zero-order chi connectivity index (χ0) is 53.2. The van der Waals surface area contributed by atoms with Gasteiger partial charge in [0.1, 0.15) is 0 Å². The summed E-state index contributed by atoms with van der Waals surface area (Å²) in [7, 11) is -0.840. The Morgan fingerprint density at radius 3 is 1.43 bits per heavy atom. The molecule has 2 N–H and O–H groups in total. The second kappa shape index (κ2) is 30.6. The van der Waals surface area contributed by atoms with E-state index < -0.39 is 7.32 Å². The predicted octanol–water partition coefficient (Wildman–Crippen LogP) is 14.3. The third-order valence-corrected chi connectivity index (χ3v) is 16.3. The number of nitrogens with one attached hydrogen (secondary N) is 2. The van der Waals surface area contributed by atoms with Crippen LogP contribution in [0.4, 0.5) is 11.4 Å². The molecule has 11 heteroatoms. The largest absolute Gasteiger partial charge is 1.00 e. The summed E-state index contributed by atoms with van der Waals surface area (Å²) in [6.45, 7) is 30.7. The first kappa shape index (κ1) is 64.0. The molecule has 4 aliphatic rings. The quantitative estimate of drug-likeness (QED) is 0.0584. The maximum absolute atomic E-state index is 6.44. The Kier molecular flexibility index (Phi) is 26.5. The molecule has 2 atom stereocenters. The summed E-state index contributed by atoms with van der Waals surface area (Å²) in [6, 6.07) is 32.1. The van der Waals surface area contributed by atoms with Gasteiger partial charge >= 0.3 is 33.3 Å². The Labute approximate surface area is 472 Å². The summed E-state index contributed by atoms with van der Waals surface area (Å²) in [5.74, 6) is 0. The first-order valence-electron chi connectivity index (χ1n) is 28.5. The molecule has 2 heterocycles. The van der Waals surface area contributed by atoms with Crippen LogP contribution >= 0.6 is 15.9 Å². The first-order valence-corrected chi connectivity index (χ1v) is 29.3. The summed E-state index contributed by atoms with van der Waals surface area (Å²) in [5.41, 5.74) is 11.0. The van der Waals surface area contributed by atoms with Crippen LogP contribution in [0.3, 0.4) is 0 Å². The van der Waals surface area contributed by atoms with Gasteiger partial charge in [-0.25, -0.2) is 0 Å².